The van der Waals surface area contributed by atoms with Gasteiger partial charge >= 0.3 is 30.1 Å². The lowest BCUT2D eigenvalue weighted by molar-refractivity contribution is -0.453. The van der Waals surface area contributed by atoms with E-state index >= 15 is 0 Å². The number of methoxy groups -OCH3 is 1. The van der Waals surface area contributed by atoms with Gasteiger partial charge in [0.1, 0.15) is 0 Å². The first kappa shape index (κ1) is 17.2. The van der Waals surface area contributed by atoms with Crippen molar-refractivity contribution in [1.82, 2.24) is 0 Å². The molecule has 0 unspecified atom stereocenters. The van der Waals surface area contributed by atoms with Crippen LogP contribution >= 0.6 is 0 Å². The molecule has 0 aliphatic rings. The zero-order chi connectivity index (χ0) is 15.2. The summed E-state index contributed by atoms with van der Waals surface area (Å²) in [5, 5.41) is 0. The van der Waals surface area contributed by atoms with E-state index in [2.05, 4.69) is 4.74 Å². The molecule has 0 fully saturated rings. The molecule has 0 aliphatic heterocycles. The minimum atomic E-state index is -7.41. The van der Waals surface area contributed by atoms with Crippen LogP contribution in [0.25, 0.3) is 0 Å². The first-order valence-electron chi connectivity index (χ1n) is 3.69. The average Bonchev–Trinajstić information content (AvgIpc) is 2.15. The molecule has 0 heterocycles. The van der Waals surface area contributed by atoms with Crippen LogP contribution in [0.4, 0.5) is 48.3 Å². The average molecular weight is 300 g/mol. The molecule has 0 atom stereocenters. The predicted octanol–water partition coefficient (Wildman–Crippen LogP) is 3.69. The normalized spacial score (nSPS) is 16.0. The fourth-order valence-electron chi connectivity index (χ4n) is 0.686. The van der Waals surface area contributed by atoms with Gasteiger partial charge in [-0.3, -0.25) is 0 Å². The third kappa shape index (κ3) is 2.10. The Morgan fingerprint density at radius 3 is 1.11 bits per heavy atom. The van der Waals surface area contributed by atoms with Crippen LogP contribution in [0.1, 0.15) is 0 Å². The molecule has 0 aromatic carbocycles. The van der Waals surface area contributed by atoms with E-state index in [1.54, 1.807) is 0 Å². The molecule has 18 heavy (non-hydrogen) atoms. The second-order valence-electron chi connectivity index (χ2n) is 2.94. The number of rotatable bonds is 4. The van der Waals surface area contributed by atoms with Crippen molar-refractivity contribution >= 4 is 0 Å². The monoisotopic (exact) mass is 300 g/mol. The minimum absolute atomic E-state index is 0.268. The summed E-state index contributed by atoms with van der Waals surface area (Å²) in [5.41, 5.74) is 0. The van der Waals surface area contributed by atoms with Gasteiger partial charge in [-0.25, -0.2) is 0 Å². The van der Waals surface area contributed by atoms with Crippen LogP contribution in [0.15, 0.2) is 0 Å². The Morgan fingerprint density at radius 2 is 0.889 bits per heavy atom. The molecule has 1 nitrogen and oxygen atoms in total. The molecule has 0 saturated heterocycles. The standard InChI is InChI=1S/C6H3F11O/c1-18-6(16,17)4(11,12)2(7,8)3(9,10)5(13,14)15/h1H3. The Morgan fingerprint density at radius 1 is 0.556 bits per heavy atom. The van der Waals surface area contributed by atoms with Crippen molar-refractivity contribution in [1.29, 1.82) is 0 Å². The van der Waals surface area contributed by atoms with Gasteiger partial charge < -0.3 is 4.74 Å². The van der Waals surface area contributed by atoms with E-state index in [1.807, 2.05) is 0 Å². The maximum absolute atomic E-state index is 12.4. The maximum Gasteiger partial charge on any atom is 0.460 e. The molecule has 0 aromatic heterocycles. The Balaban J connectivity index is 5.80. The van der Waals surface area contributed by atoms with Gasteiger partial charge in [0.25, 0.3) is 0 Å². The smallest absolute Gasteiger partial charge is 0.319 e. The summed E-state index contributed by atoms with van der Waals surface area (Å²) in [5.74, 6) is -21.9. The van der Waals surface area contributed by atoms with Crippen molar-refractivity contribution in [2.24, 2.45) is 0 Å². The Bertz CT molecular complexity index is 303. The van der Waals surface area contributed by atoms with Crippen molar-refractivity contribution in [3.8, 4) is 0 Å². The summed E-state index contributed by atoms with van der Waals surface area (Å²) in [6, 6.07) is 0. The summed E-state index contributed by atoms with van der Waals surface area (Å²) in [7, 11) is -0.268. The van der Waals surface area contributed by atoms with Crippen LogP contribution in [0.2, 0.25) is 0 Å². The van der Waals surface area contributed by atoms with Gasteiger partial charge in [-0.2, -0.15) is 48.3 Å². The lowest BCUT2D eigenvalue weighted by atomic mass is 10.0. The molecule has 0 radical (unpaired) electrons. The van der Waals surface area contributed by atoms with E-state index in [-0.39, 0.29) is 7.11 Å². The third-order valence-electron chi connectivity index (χ3n) is 1.77. The first-order chi connectivity index (χ1) is 7.56. The predicted molar refractivity (Wildman–Crippen MR) is 32.9 cm³/mol. The fraction of sp³-hybridized carbons (Fsp3) is 1.00. The highest BCUT2D eigenvalue weighted by atomic mass is 19.4. The Labute approximate surface area is 91.5 Å². The van der Waals surface area contributed by atoms with Gasteiger partial charge in [0.15, 0.2) is 0 Å². The van der Waals surface area contributed by atoms with E-state index in [4.69, 9.17) is 0 Å². The molecule has 12 heteroatoms. The first-order valence-corrected chi connectivity index (χ1v) is 3.69. The van der Waals surface area contributed by atoms with Crippen molar-refractivity contribution in [3.63, 3.8) is 0 Å². The van der Waals surface area contributed by atoms with Crippen LogP contribution in [0.5, 0.6) is 0 Å². The highest BCUT2D eigenvalue weighted by Crippen LogP contribution is 2.57. The number of hydrogen-bond acceptors (Lipinski definition) is 1. The molecule has 0 bridgehead atoms. The van der Waals surface area contributed by atoms with Crippen molar-refractivity contribution in [3.05, 3.63) is 0 Å². The summed E-state index contributed by atoms with van der Waals surface area (Å²) >= 11 is 0. The van der Waals surface area contributed by atoms with Crippen LogP contribution in [0.3, 0.4) is 0 Å². The van der Waals surface area contributed by atoms with Gasteiger partial charge in [-0.1, -0.05) is 0 Å². The molecule has 0 amide bonds. The highest BCUT2D eigenvalue weighted by Gasteiger charge is 2.87. The molecular weight excluding hydrogens is 297 g/mol. The summed E-state index contributed by atoms with van der Waals surface area (Å²) in [6.45, 7) is 0. The second kappa shape index (κ2) is 4.10. The maximum atomic E-state index is 12.4. The number of halogens is 11. The van der Waals surface area contributed by atoms with Crippen LogP contribution < -0.4 is 0 Å². The van der Waals surface area contributed by atoms with Crippen molar-refractivity contribution in [2.45, 2.75) is 30.1 Å². The molecule has 0 rings (SSSR count). The van der Waals surface area contributed by atoms with Gasteiger partial charge in [0, 0.05) is 7.11 Å². The Hall–Kier alpha value is -0.810. The summed E-state index contributed by atoms with van der Waals surface area (Å²) < 4.78 is 135. The molecule has 0 N–H and O–H groups in total. The number of ether oxygens (including phenoxy) is 1. The van der Waals surface area contributed by atoms with Crippen LogP contribution in [-0.4, -0.2) is 37.2 Å². The largest absolute Gasteiger partial charge is 0.460 e. The third-order valence-corrected chi connectivity index (χ3v) is 1.77. The second-order valence-corrected chi connectivity index (χ2v) is 2.94. The molecule has 0 saturated carbocycles. The summed E-state index contributed by atoms with van der Waals surface area (Å²) in [4.78, 5) is 0. The zero-order valence-corrected chi connectivity index (χ0v) is 8.07. The lowest BCUT2D eigenvalue weighted by Crippen LogP contribution is -2.66. The molecule has 0 aliphatic carbocycles. The SMILES string of the molecule is COC(F)(F)C(F)(F)C(F)(F)C(F)(F)C(F)(F)F. The fourth-order valence-corrected chi connectivity index (χ4v) is 0.686. The molecular formula is C6H3F11O. The lowest BCUT2D eigenvalue weighted by Gasteiger charge is -2.36. The van der Waals surface area contributed by atoms with Crippen molar-refractivity contribution < 1.29 is 53.0 Å². The van der Waals surface area contributed by atoms with Crippen LogP contribution in [-0.2, 0) is 4.74 Å². The van der Waals surface area contributed by atoms with Gasteiger partial charge in [0.2, 0.25) is 0 Å². The highest BCUT2D eigenvalue weighted by molar-refractivity contribution is 5.03. The summed E-state index contributed by atoms with van der Waals surface area (Å²) in [6.07, 6.45) is -13.4. The van der Waals surface area contributed by atoms with Crippen molar-refractivity contribution in [2.75, 3.05) is 7.11 Å². The van der Waals surface area contributed by atoms with Gasteiger partial charge in [-0.15, -0.1) is 0 Å². The molecule has 110 valence electrons. The van der Waals surface area contributed by atoms with E-state index in [0.717, 1.165) is 0 Å². The topological polar surface area (TPSA) is 9.23 Å². The van der Waals surface area contributed by atoms with E-state index in [9.17, 15) is 48.3 Å². The number of hydrogen-bond donors (Lipinski definition) is 0. The van der Waals surface area contributed by atoms with E-state index in [1.165, 1.54) is 0 Å². The molecule has 0 aromatic rings. The zero-order valence-electron chi connectivity index (χ0n) is 8.07. The quantitative estimate of drug-likeness (QED) is 0.719. The van der Waals surface area contributed by atoms with E-state index in [0.29, 0.717) is 0 Å². The van der Waals surface area contributed by atoms with Crippen LogP contribution in [0, 0.1) is 0 Å². The van der Waals surface area contributed by atoms with Gasteiger partial charge in [-0.05, 0) is 0 Å². The molecule has 0 spiro atoms. The minimum Gasteiger partial charge on any atom is -0.319 e. The van der Waals surface area contributed by atoms with E-state index < -0.39 is 30.1 Å². The Kier molecular flexibility index (Phi) is 3.91. The number of alkyl halides is 11. The van der Waals surface area contributed by atoms with Gasteiger partial charge in [0.05, 0.1) is 0 Å².